The molecule has 47 heavy (non-hydrogen) atoms. The SMILES string of the molecule is CC1(C)N(CC(=O)N/N=C/C=C/c2ccc([N+](=O)[O-])o2)C(=O)N(c2ccc(C(F)(F)F)cc2)C1(S)N(O)C(=O)Nc1ccc(Cl)cc1. The first-order valence-electron chi connectivity index (χ1n) is 13.3. The number of nitrogens with one attached hydrogen (secondary N) is 2. The number of thiol groups is 1. The molecule has 1 atom stereocenters. The highest BCUT2D eigenvalue weighted by atomic mass is 35.5. The molecule has 0 saturated carbocycles. The van der Waals surface area contributed by atoms with E-state index in [2.05, 4.69) is 28.5 Å². The van der Waals surface area contributed by atoms with Crippen molar-refractivity contribution in [3.63, 3.8) is 0 Å². The molecule has 1 unspecified atom stereocenters. The second-order valence-corrected chi connectivity index (χ2v) is 11.4. The summed E-state index contributed by atoms with van der Waals surface area (Å²) in [5.74, 6) is -1.17. The molecule has 5 amide bonds. The molecule has 2 aromatic carbocycles. The van der Waals surface area contributed by atoms with Crippen molar-refractivity contribution >= 4 is 71.7 Å². The summed E-state index contributed by atoms with van der Waals surface area (Å²) in [6.07, 6.45) is -0.932. The van der Waals surface area contributed by atoms with Crippen LogP contribution < -0.4 is 15.6 Å². The number of allylic oxidation sites excluding steroid dienone is 1. The summed E-state index contributed by atoms with van der Waals surface area (Å²) in [7, 11) is 0. The number of rotatable bonds is 9. The van der Waals surface area contributed by atoms with Gasteiger partial charge in [0.15, 0.2) is 0 Å². The number of hydroxylamine groups is 2. The summed E-state index contributed by atoms with van der Waals surface area (Å²) in [4.78, 5) is 49.4. The van der Waals surface area contributed by atoms with Gasteiger partial charge in [0.05, 0.1) is 17.2 Å². The molecule has 0 bridgehead atoms. The Hall–Kier alpha value is -5.07. The van der Waals surface area contributed by atoms with Crippen molar-refractivity contribution in [3.05, 3.63) is 93.2 Å². The predicted octanol–water partition coefficient (Wildman–Crippen LogP) is 6.20. The fourth-order valence-corrected chi connectivity index (χ4v) is 5.05. The van der Waals surface area contributed by atoms with Crippen molar-refractivity contribution in [1.82, 2.24) is 15.4 Å². The number of urea groups is 2. The number of hydrogen-bond acceptors (Lipinski definition) is 9. The van der Waals surface area contributed by atoms with E-state index in [-0.39, 0.29) is 22.2 Å². The number of furan rings is 1. The van der Waals surface area contributed by atoms with E-state index >= 15 is 0 Å². The molecule has 2 heterocycles. The van der Waals surface area contributed by atoms with Crippen LogP contribution in [-0.2, 0) is 11.0 Å². The number of carbonyl (C=O) groups is 3. The zero-order valence-electron chi connectivity index (χ0n) is 24.3. The predicted molar refractivity (Wildman–Crippen MR) is 167 cm³/mol. The Bertz CT molecular complexity index is 1730. The van der Waals surface area contributed by atoms with E-state index in [1.807, 2.05) is 0 Å². The Balaban J connectivity index is 1.59. The van der Waals surface area contributed by atoms with Crippen molar-refractivity contribution in [2.75, 3.05) is 16.8 Å². The van der Waals surface area contributed by atoms with Crippen LogP contribution in [0.5, 0.6) is 0 Å². The highest BCUT2D eigenvalue weighted by molar-refractivity contribution is 7.82. The Kier molecular flexibility index (Phi) is 9.88. The summed E-state index contributed by atoms with van der Waals surface area (Å²) in [5, 5.41) is 28.6. The van der Waals surface area contributed by atoms with Crippen LogP contribution in [0.3, 0.4) is 0 Å². The maximum atomic E-state index is 13.9. The first-order valence-corrected chi connectivity index (χ1v) is 14.1. The fraction of sp³-hybridized carbons (Fsp3) is 0.214. The highest BCUT2D eigenvalue weighted by Crippen LogP contribution is 2.48. The normalized spacial score (nSPS) is 17.8. The first-order chi connectivity index (χ1) is 22.0. The van der Waals surface area contributed by atoms with Crippen LogP contribution in [0, 0.1) is 10.1 Å². The van der Waals surface area contributed by atoms with Crippen molar-refractivity contribution in [2.24, 2.45) is 5.10 Å². The maximum absolute atomic E-state index is 13.9. The molecule has 1 fully saturated rings. The van der Waals surface area contributed by atoms with Gasteiger partial charge in [0.1, 0.15) is 17.2 Å². The molecule has 0 aliphatic carbocycles. The molecule has 0 spiro atoms. The van der Waals surface area contributed by atoms with E-state index in [0.717, 1.165) is 34.2 Å². The number of alkyl halides is 3. The molecule has 4 rings (SSSR count). The van der Waals surface area contributed by atoms with Crippen molar-refractivity contribution < 1.29 is 42.1 Å². The van der Waals surface area contributed by atoms with Gasteiger partial charge in [0, 0.05) is 22.6 Å². The fourth-order valence-electron chi connectivity index (χ4n) is 4.51. The molecular formula is C28H25ClF3N7O7S. The molecule has 1 aliphatic rings. The highest BCUT2D eigenvalue weighted by Gasteiger charge is 2.66. The number of carbonyl (C=O) groups excluding carboxylic acids is 3. The van der Waals surface area contributed by atoms with E-state index in [0.29, 0.717) is 17.2 Å². The minimum atomic E-state index is -4.69. The van der Waals surface area contributed by atoms with Crippen LogP contribution in [0.1, 0.15) is 25.2 Å². The second-order valence-electron chi connectivity index (χ2n) is 10.3. The number of halogens is 4. The second kappa shape index (κ2) is 13.3. The van der Waals surface area contributed by atoms with Crippen LogP contribution in [0.25, 0.3) is 6.08 Å². The van der Waals surface area contributed by atoms with E-state index in [9.17, 15) is 42.9 Å². The summed E-state index contributed by atoms with van der Waals surface area (Å²) in [6.45, 7) is 2.05. The van der Waals surface area contributed by atoms with Gasteiger partial charge in [-0.25, -0.2) is 15.0 Å². The van der Waals surface area contributed by atoms with Gasteiger partial charge in [0.25, 0.3) is 5.91 Å². The first kappa shape index (κ1) is 34.8. The Morgan fingerprint density at radius 1 is 1.15 bits per heavy atom. The monoisotopic (exact) mass is 695 g/mol. The third-order valence-corrected chi connectivity index (χ3v) is 8.16. The number of benzene rings is 2. The van der Waals surface area contributed by atoms with Crippen molar-refractivity contribution in [3.8, 4) is 0 Å². The lowest BCUT2D eigenvalue weighted by atomic mass is 9.98. The number of anilines is 2. The molecule has 1 aromatic heterocycles. The molecule has 1 saturated heterocycles. The van der Waals surface area contributed by atoms with E-state index < -0.39 is 57.6 Å². The topological polar surface area (TPSA) is 174 Å². The quantitative estimate of drug-likeness (QED) is 0.0515. The molecule has 1 aliphatic heterocycles. The van der Waals surface area contributed by atoms with Crippen molar-refractivity contribution in [1.29, 1.82) is 0 Å². The lowest BCUT2D eigenvalue weighted by Gasteiger charge is -2.46. The van der Waals surface area contributed by atoms with Crippen LogP contribution in [-0.4, -0.2) is 61.4 Å². The minimum Gasteiger partial charge on any atom is -0.401 e. The molecule has 19 heteroatoms. The molecule has 0 radical (unpaired) electrons. The van der Waals surface area contributed by atoms with E-state index in [4.69, 9.17) is 16.0 Å². The third-order valence-electron chi connectivity index (χ3n) is 6.97. The lowest BCUT2D eigenvalue weighted by Crippen LogP contribution is -2.66. The minimum absolute atomic E-state index is 0.0973. The van der Waals surface area contributed by atoms with Gasteiger partial charge in [-0.3, -0.25) is 25.0 Å². The average Bonchev–Trinajstić information content (AvgIpc) is 3.54. The summed E-state index contributed by atoms with van der Waals surface area (Å²) in [5.41, 5.74) is -0.534. The molecule has 3 N–H and O–H groups in total. The van der Waals surface area contributed by atoms with Gasteiger partial charge < -0.3 is 14.6 Å². The van der Waals surface area contributed by atoms with Gasteiger partial charge in [-0.15, -0.1) is 12.6 Å². The summed E-state index contributed by atoms with van der Waals surface area (Å²) in [6, 6.07) is 9.45. The van der Waals surface area contributed by atoms with Crippen molar-refractivity contribution in [2.45, 2.75) is 30.6 Å². The molecule has 3 aromatic rings. The smallest absolute Gasteiger partial charge is 0.401 e. The van der Waals surface area contributed by atoms with Gasteiger partial charge >= 0.3 is 24.1 Å². The number of amides is 5. The Morgan fingerprint density at radius 3 is 2.36 bits per heavy atom. The number of nitrogens with zero attached hydrogens (tertiary/aromatic N) is 5. The molecular weight excluding hydrogens is 671 g/mol. The number of nitro groups is 1. The van der Waals surface area contributed by atoms with Crippen LogP contribution in [0.4, 0.5) is 40.0 Å². The van der Waals surface area contributed by atoms with E-state index in [1.165, 1.54) is 56.3 Å². The summed E-state index contributed by atoms with van der Waals surface area (Å²) >= 11 is 10.5. The number of hydrazone groups is 1. The Morgan fingerprint density at radius 2 is 1.79 bits per heavy atom. The summed E-state index contributed by atoms with van der Waals surface area (Å²) < 4.78 is 44.8. The van der Waals surface area contributed by atoms with Crippen LogP contribution in [0.15, 0.2) is 76.3 Å². The molecule has 14 nitrogen and oxygen atoms in total. The van der Waals surface area contributed by atoms with Crippen LogP contribution >= 0.6 is 24.2 Å². The Labute approximate surface area is 274 Å². The standard InChI is InChI=1S/C28H25ClF3N7O7S/c1-26(2)28(47,38(43)24(41)34-19-9-7-18(29)8-10-19)37(20-11-5-17(6-12-20)27(30,31)32)25(42)36(26)16-22(40)35-33-15-3-4-21-13-14-23(46-21)39(44)45/h3-15,43,47H,16H2,1-2H3,(H,34,41)(H,35,40)/b4-3+,33-15+. The maximum Gasteiger partial charge on any atom is 0.433 e. The van der Waals surface area contributed by atoms with E-state index in [1.54, 1.807) is 0 Å². The van der Waals surface area contributed by atoms with Crippen LogP contribution in [0.2, 0.25) is 5.02 Å². The van der Waals surface area contributed by atoms with Gasteiger partial charge in [-0.05, 0) is 80.6 Å². The van der Waals surface area contributed by atoms with Gasteiger partial charge in [-0.1, -0.05) is 11.6 Å². The largest absolute Gasteiger partial charge is 0.433 e. The average molecular weight is 696 g/mol. The zero-order valence-corrected chi connectivity index (χ0v) is 26.0. The molecule has 248 valence electrons. The third kappa shape index (κ3) is 7.18. The number of hydrogen-bond donors (Lipinski definition) is 4. The lowest BCUT2D eigenvalue weighted by molar-refractivity contribution is -0.402. The van der Waals surface area contributed by atoms with Gasteiger partial charge in [0.2, 0.25) is 4.99 Å². The van der Waals surface area contributed by atoms with Gasteiger partial charge in [-0.2, -0.15) is 23.3 Å². The zero-order chi connectivity index (χ0) is 34.7.